The number of amides is 4. The highest BCUT2D eigenvalue weighted by Crippen LogP contribution is 2.33. The molecule has 41 heteroatoms. The molecule has 4 amide bonds. The number of nitrogens with one attached hydrogen (secondary N) is 10. The van der Waals surface area contributed by atoms with Crippen molar-refractivity contribution in [2.45, 2.75) is 59.0 Å². The van der Waals surface area contributed by atoms with Crippen LogP contribution in [0.5, 0.6) is 0 Å². The van der Waals surface area contributed by atoms with Crippen molar-refractivity contribution >= 4 is 115 Å². The van der Waals surface area contributed by atoms with Gasteiger partial charge in [-0.3, -0.25) is 84.3 Å². The van der Waals surface area contributed by atoms with Crippen LogP contribution in [0.25, 0.3) is 101 Å². The smallest absolute Gasteiger partial charge is 0.276 e. The molecule has 0 unspecified atom stereocenters. The van der Waals surface area contributed by atoms with Gasteiger partial charge in [-0.05, 0) is 166 Å². The monoisotopic (exact) mass is 1960 g/mol. The van der Waals surface area contributed by atoms with Crippen LogP contribution < -0.4 is 31.7 Å². The molecule has 16 heterocycles. The fraction of sp³-hybridized carbons (Fsp3) is 0.108. The Morgan fingerprint density at radius 1 is 0.545 bits per heavy atom. The van der Waals surface area contributed by atoms with Gasteiger partial charge in [0.2, 0.25) is 29.6 Å². The molecule has 10 N–H and O–H groups in total. The number of ketones is 1. The third kappa shape index (κ3) is 26.9. The third-order valence-corrected chi connectivity index (χ3v) is 22.5. The van der Waals surface area contributed by atoms with Crippen LogP contribution in [0.15, 0.2) is 319 Å². The Bertz CT molecular complexity index is 7930. The van der Waals surface area contributed by atoms with E-state index in [0.29, 0.717) is 134 Å². The summed E-state index contributed by atoms with van der Waals surface area (Å²) in [7, 11) is 3.46. The largest absolute Gasteiger partial charge is 0.439 e. The number of nitrogens with zero attached hydrogens (tertiary/aromatic N) is 20. The van der Waals surface area contributed by atoms with Gasteiger partial charge < -0.3 is 39.5 Å². The van der Waals surface area contributed by atoms with E-state index in [1.54, 1.807) is 121 Å². The lowest BCUT2D eigenvalue weighted by molar-refractivity contribution is -0.116. The number of Topliss-reactive ketones (excluding diaryl/α,β-unsaturated/α-hetero) is 1. The molecule has 0 spiro atoms. The highest BCUT2D eigenvalue weighted by atomic mass is 35.5. The number of hydrogen-bond donors (Lipinski definition) is 10. The Kier molecular flexibility index (Phi) is 32.1. The molecule has 21 aromatic rings. The van der Waals surface area contributed by atoms with Gasteiger partial charge in [-0.2, -0.15) is 20.2 Å². The Morgan fingerprint density at radius 3 is 1.78 bits per heavy atom. The number of oxazole rings is 1. The standard InChI is InChI=1S/C19H17Cl2FN2O.C18H16N6O.C17H12N6O.C17H16N4O.C16H13N7OS.C15H13N5O2/c1-12(2)24(15-6-4-14(22)5-7-15)11-16-10-23-19(25-16)17-8-3-13(20)9-18(17)21;25-16(9-8-12-11-20-14-6-2-1-5-13(12)14)21-18-22-17(23-24-18)15-7-3-4-10-19-15;24-16(14-9-8-11-5-1-2-6-12(11)19-14)21-17-20-15(22-23-17)13-7-3-4-10-18-13;1-12-5-7-13(8-6-12)10-16(22)20-15-11-19-17(21-15)14-4-2-3-9-18-14;1-23-8-10(7-18-23)16-19-12(9-25-16)13(24)6-14-20-15(22-21-14)11-4-2-3-5-17-11;1-20-7-5-10(8-13(20)21)15(22)19-12-9-17-14(18-12)11-4-2-3-6-16-11/h3-10,12H,11H2,1-2H3;1-7,10-11,20H,8-9H2,(H2,21,22,23,24,25);1-10H,(H2,20,21,22,23,24);2-9,11H,10H2,1H3,(H,19,21)(H,20,22);2-5,7-9H,6H2,1H3,(H,20,21,22);2-9H,1H3,(H,17,18)(H,19,22). The molecule has 0 saturated carbocycles. The van der Waals surface area contributed by atoms with E-state index in [2.05, 4.69) is 155 Å². The van der Waals surface area contributed by atoms with Gasteiger partial charge >= 0.3 is 0 Å². The van der Waals surface area contributed by atoms with Crippen molar-refractivity contribution in [1.29, 1.82) is 0 Å². The minimum Gasteiger partial charge on any atom is -0.439 e. The number of aromatic amines is 6. The summed E-state index contributed by atoms with van der Waals surface area (Å²) in [5.41, 5.74) is 11.8. The fourth-order valence-corrected chi connectivity index (χ4v) is 15.1. The van der Waals surface area contributed by atoms with Crippen molar-refractivity contribution < 1.29 is 32.8 Å². The molecular weight excluding hydrogens is 1880 g/mol. The molecule has 0 bridgehead atoms. The third-order valence-electron chi connectivity index (χ3n) is 21.0. The zero-order valence-corrected chi connectivity index (χ0v) is 79.2. The average Bonchev–Trinajstić information content (AvgIpc) is 1.81. The maximum Gasteiger partial charge on any atom is 0.276 e. The Morgan fingerprint density at radius 2 is 1.16 bits per heavy atom. The van der Waals surface area contributed by atoms with E-state index in [9.17, 15) is 33.2 Å². The molecule has 37 nitrogen and oxygen atoms in total. The minimum absolute atomic E-state index is 0.0833. The number of pyridine rings is 7. The van der Waals surface area contributed by atoms with Crippen LogP contribution in [0.4, 0.5) is 33.6 Å². The maximum atomic E-state index is 13.2. The first-order chi connectivity index (χ1) is 69.5. The van der Waals surface area contributed by atoms with Gasteiger partial charge in [0.1, 0.15) is 73.9 Å². The number of halogens is 3. The number of rotatable bonds is 25. The lowest BCUT2D eigenvalue weighted by Crippen LogP contribution is -2.29. The zero-order chi connectivity index (χ0) is 99.5. The predicted octanol–water partition coefficient (Wildman–Crippen LogP) is 18.3. The molecule has 0 aliphatic rings. The second-order valence-corrected chi connectivity index (χ2v) is 33.5. The molecule has 0 atom stereocenters. The number of carbonyl (C=O) groups is 5. The summed E-state index contributed by atoms with van der Waals surface area (Å²) >= 11 is 13.5. The summed E-state index contributed by atoms with van der Waals surface area (Å²) < 4.78 is 22.1. The van der Waals surface area contributed by atoms with Crippen LogP contribution in [0.1, 0.15) is 79.9 Å². The number of anilines is 5. The quantitative estimate of drug-likeness (QED) is 0.0238. The normalized spacial score (nSPS) is 10.7. The van der Waals surface area contributed by atoms with Gasteiger partial charge in [-0.15, -0.1) is 21.5 Å². The van der Waals surface area contributed by atoms with Crippen LogP contribution in [0.2, 0.25) is 10.0 Å². The van der Waals surface area contributed by atoms with E-state index >= 15 is 0 Å². The van der Waals surface area contributed by atoms with Gasteiger partial charge in [-0.25, -0.2) is 34.3 Å². The summed E-state index contributed by atoms with van der Waals surface area (Å²) in [6.45, 7) is 6.67. The van der Waals surface area contributed by atoms with E-state index in [4.69, 9.17) is 27.6 Å². The molecule has 21 rings (SSSR count). The number of aryl methyl sites for hydroxylation is 4. The second kappa shape index (κ2) is 47.0. The molecule has 16 aromatic heterocycles. The molecular formula is C102H87Cl2FN30O7S. The number of aromatic nitrogens is 25. The molecule has 5 aromatic carbocycles. The van der Waals surface area contributed by atoms with Crippen LogP contribution in [0, 0.1) is 12.7 Å². The number of hydrogen-bond acceptors (Lipinski definition) is 26. The van der Waals surface area contributed by atoms with Gasteiger partial charge in [0.05, 0.1) is 60.3 Å². The lowest BCUT2D eigenvalue weighted by Gasteiger charge is -2.28. The summed E-state index contributed by atoms with van der Waals surface area (Å²) in [6, 6.07) is 69.3. The van der Waals surface area contributed by atoms with Crippen molar-refractivity contribution in [3.8, 4) is 79.6 Å². The van der Waals surface area contributed by atoms with Crippen molar-refractivity contribution in [3.63, 3.8) is 0 Å². The van der Waals surface area contributed by atoms with Crippen LogP contribution in [-0.2, 0) is 49.5 Å². The number of benzene rings is 5. The van der Waals surface area contributed by atoms with Crippen molar-refractivity contribution in [2.75, 3.05) is 26.2 Å². The van der Waals surface area contributed by atoms with Crippen molar-refractivity contribution in [3.05, 3.63) is 382 Å². The van der Waals surface area contributed by atoms with Gasteiger partial charge in [0.25, 0.3) is 17.4 Å². The van der Waals surface area contributed by atoms with E-state index in [1.165, 1.54) is 45.9 Å². The summed E-state index contributed by atoms with van der Waals surface area (Å²) in [5, 5.41) is 41.0. The molecule has 0 fully saturated rings. The zero-order valence-electron chi connectivity index (χ0n) is 76.9. The summed E-state index contributed by atoms with van der Waals surface area (Å²) in [6.07, 6.45) is 21.7. The van der Waals surface area contributed by atoms with Crippen LogP contribution >= 0.6 is 34.5 Å². The van der Waals surface area contributed by atoms with Crippen molar-refractivity contribution in [2.24, 2.45) is 14.1 Å². The number of fused-ring (bicyclic) bond motifs is 2. The first-order valence-corrected chi connectivity index (χ1v) is 45.9. The van der Waals surface area contributed by atoms with E-state index in [0.717, 1.165) is 54.9 Å². The predicted molar refractivity (Wildman–Crippen MR) is 543 cm³/mol. The molecule has 0 aliphatic heterocycles. The Balaban J connectivity index is 0.000000123. The number of carbonyl (C=O) groups excluding carboxylic acids is 5. The molecule has 0 radical (unpaired) electrons. The van der Waals surface area contributed by atoms with Gasteiger partial charge in [-0.1, -0.05) is 126 Å². The highest BCUT2D eigenvalue weighted by molar-refractivity contribution is 7.13. The molecule has 0 saturated heterocycles. The maximum absolute atomic E-state index is 13.2. The first-order valence-electron chi connectivity index (χ1n) is 44.2. The lowest BCUT2D eigenvalue weighted by atomic mass is 10.1. The number of para-hydroxylation sites is 2. The Hall–Kier alpha value is -18.5. The van der Waals surface area contributed by atoms with E-state index < -0.39 is 0 Å². The SMILES string of the molecule is CC(C)N(Cc1cnc(-c2ccc(Cl)cc2Cl)o1)c1ccc(F)cc1.Cc1ccc(CC(=O)Nc2cnc(-c3ccccn3)[nH]2)cc1.Cn1cc(-c2nc(C(=O)Cc3nc(-c4ccccn4)n[nH]3)cs2)cn1.Cn1ccc(C(=O)Nc2cnc(-c3ccccn3)[nH]2)cc1=O.O=C(CCc1c[nH]c2ccccc12)Nc1n[nH]c(-c2ccccn2)n1.O=C(Nc1n[nH]c(-c2ccccn2)n1)c1ccc2ccccc2n1. The number of H-pyrrole nitrogens is 6. The number of imidazole rings is 2. The van der Waals surface area contributed by atoms with Crippen LogP contribution in [-0.4, -0.2) is 160 Å². The minimum atomic E-state index is -0.381. The summed E-state index contributed by atoms with van der Waals surface area (Å²) in [4.78, 5) is 139. The Labute approximate surface area is 828 Å². The van der Waals surface area contributed by atoms with Crippen LogP contribution in [0.3, 0.4) is 0 Å². The second-order valence-electron chi connectivity index (χ2n) is 31.8. The first kappa shape index (κ1) is 97.6. The van der Waals surface area contributed by atoms with Gasteiger partial charge in [0.15, 0.2) is 34.9 Å². The van der Waals surface area contributed by atoms with E-state index in [1.807, 2.05) is 190 Å². The average molecular weight is 1970 g/mol. The topological polar surface area (TPSA) is 491 Å². The highest BCUT2D eigenvalue weighted by Gasteiger charge is 2.22. The van der Waals surface area contributed by atoms with Crippen molar-refractivity contribution in [1.82, 2.24) is 125 Å². The molecule has 0 aliphatic carbocycles. The molecule has 143 heavy (non-hydrogen) atoms. The van der Waals surface area contributed by atoms with Gasteiger partial charge in [0, 0.05) is 126 Å². The number of thiazole rings is 1. The summed E-state index contributed by atoms with van der Waals surface area (Å²) in [5.74, 6) is 4.39. The molecule has 714 valence electrons. The fourth-order valence-electron chi connectivity index (χ4n) is 13.8. The van der Waals surface area contributed by atoms with E-state index in [-0.39, 0.29) is 70.7 Å².